The molecule has 2 rings (SSSR count). The lowest BCUT2D eigenvalue weighted by molar-refractivity contribution is 0.119. The molecule has 0 saturated carbocycles. The molecule has 1 aromatic carbocycles. The summed E-state index contributed by atoms with van der Waals surface area (Å²) in [6, 6.07) is 7.68. The summed E-state index contributed by atoms with van der Waals surface area (Å²) in [6.07, 6.45) is 2.63. The van der Waals surface area contributed by atoms with Crippen molar-refractivity contribution in [3.63, 3.8) is 0 Å². The van der Waals surface area contributed by atoms with E-state index >= 15 is 0 Å². The lowest BCUT2D eigenvalue weighted by Gasteiger charge is -2.26. The Morgan fingerprint density at radius 2 is 2.06 bits per heavy atom. The predicted octanol–water partition coefficient (Wildman–Crippen LogP) is 3.74. The molecule has 1 saturated heterocycles. The molecule has 0 unspecified atom stereocenters. The fraction of sp³-hybridized carbons (Fsp3) is 0.600. The monoisotopic (exact) mass is 267 g/mol. The molecule has 1 N–H and O–H groups in total. The first kappa shape index (κ1) is 13.7. The molecule has 0 aliphatic carbocycles. The number of halogens is 1. The Balaban J connectivity index is 2.01. The van der Waals surface area contributed by atoms with Crippen LogP contribution in [0.25, 0.3) is 0 Å². The number of ether oxygens (including phenoxy) is 1. The molecule has 0 bridgehead atoms. The fourth-order valence-corrected chi connectivity index (χ4v) is 2.61. The van der Waals surface area contributed by atoms with Gasteiger partial charge in [0.2, 0.25) is 0 Å². The van der Waals surface area contributed by atoms with Crippen LogP contribution in [0.3, 0.4) is 0 Å². The third-order valence-electron chi connectivity index (χ3n) is 3.43. The molecule has 0 spiro atoms. The SMILES string of the molecule is CC(C)C[C@@H](Oc1ccc(Cl)cc1)[C@@H]1CCNC1. The number of rotatable bonds is 5. The van der Waals surface area contributed by atoms with Gasteiger partial charge >= 0.3 is 0 Å². The molecule has 2 atom stereocenters. The molecule has 1 aliphatic heterocycles. The lowest BCUT2D eigenvalue weighted by atomic mass is 9.93. The van der Waals surface area contributed by atoms with E-state index in [1.807, 2.05) is 24.3 Å². The van der Waals surface area contributed by atoms with Crippen LogP contribution in [0.1, 0.15) is 26.7 Å². The topological polar surface area (TPSA) is 21.3 Å². The van der Waals surface area contributed by atoms with Crippen LogP contribution in [0.5, 0.6) is 5.75 Å². The smallest absolute Gasteiger partial charge is 0.119 e. The number of nitrogens with one attached hydrogen (secondary N) is 1. The number of hydrogen-bond donors (Lipinski definition) is 1. The lowest BCUT2D eigenvalue weighted by Crippen LogP contribution is -2.30. The van der Waals surface area contributed by atoms with Crippen LogP contribution in [0.15, 0.2) is 24.3 Å². The van der Waals surface area contributed by atoms with E-state index in [0.717, 1.165) is 30.3 Å². The van der Waals surface area contributed by atoms with Crippen LogP contribution in [0.4, 0.5) is 0 Å². The average molecular weight is 268 g/mol. The molecule has 0 radical (unpaired) electrons. The minimum Gasteiger partial charge on any atom is -0.490 e. The van der Waals surface area contributed by atoms with Gasteiger partial charge in [-0.15, -0.1) is 0 Å². The van der Waals surface area contributed by atoms with Gasteiger partial charge in [-0.25, -0.2) is 0 Å². The minimum absolute atomic E-state index is 0.307. The van der Waals surface area contributed by atoms with Crippen molar-refractivity contribution in [2.24, 2.45) is 11.8 Å². The zero-order valence-electron chi connectivity index (χ0n) is 11.2. The van der Waals surface area contributed by atoms with Crippen LogP contribution < -0.4 is 10.1 Å². The third kappa shape index (κ3) is 3.89. The molecule has 0 aromatic heterocycles. The molecule has 18 heavy (non-hydrogen) atoms. The van der Waals surface area contributed by atoms with E-state index in [4.69, 9.17) is 16.3 Å². The van der Waals surface area contributed by atoms with Gasteiger partial charge in [0.15, 0.2) is 0 Å². The van der Waals surface area contributed by atoms with Crippen molar-refractivity contribution in [2.75, 3.05) is 13.1 Å². The van der Waals surface area contributed by atoms with E-state index in [-0.39, 0.29) is 0 Å². The molecular formula is C15H22ClNO. The van der Waals surface area contributed by atoms with E-state index in [1.165, 1.54) is 6.42 Å². The zero-order valence-corrected chi connectivity index (χ0v) is 11.9. The Bertz CT molecular complexity index is 357. The van der Waals surface area contributed by atoms with Gasteiger partial charge in [0, 0.05) is 17.5 Å². The first-order chi connectivity index (χ1) is 8.65. The van der Waals surface area contributed by atoms with E-state index in [2.05, 4.69) is 19.2 Å². The van der Waals surface area contributed by atoms with Crippen molar-refractivity contribution < 1.29 is 4.74 Å². The van der Waals surface area contributed by atoms with Gasteiger partial charge in [-0.3, -0.25) is 0 Å². The van der Waals surface area contributed by atoms with Crippen molar-refractivity contribution in [2.45, 2.75) is 32.8 Å². The largest absolute Gasteiger partial charge is 0.490 e. The molecule has 0 amide bonds. The van der Waals surface area contributed by atoms with Crippen molar-refractivity contribution >= 4 is 11.6 Å². The Morgan fingerprint density at radius 1 is 1.33 bits per heavy atom. The molecule has 3 heteroatoms. The molecule has 2 nitrogen and oxygen atoms in total. The normalized spacial score (nSPS) is 21.2. The van der Waals surface area contributed by atoms with Crippen LogP contribution in [0, 0.1) is 11.8 Å². The average Bonchev–Trinajstić information content (AvgIpc) is 2.84. The Hall–Kier alpha value is -0.730. The van der Waals surface area contributed by atoms with Crippen molar-refractivity contribution in [1.29, 1.82) is 0 Å². The maximum atomic E-state index is 6.17. The summed E-state index contributed by atoms with van der Waals surface area (Å²) in [7, 11) is 0. The molecule has 1 heterocycles. The highest BCUT2D eigenvalue weighted by molar-refractivity contribution is 6.30. The molecular weight excluding hydrogens is 246 g/mol. The van der Waals surface area contributed by atoms with Gasteiger partial charge < -0.3 is 10.1 Å². The van der Waals surface area contributed by atoms with Crippen LogP contribution in [0.2, 0.25) is 5.02 Å². The highest BCUT2D eigenvalue weighted by Crippen LogP contribution is 2.25. The Morgan fingerprint density at radius 3 is 2.61 bits per heavy atom. The van der Waals surface area contributed by atoms with E-state index in [0.29, 0.717) is 17.9 Å². The van der Waals surface area contributed by atoms with Crippen LogP contribution >= 0.6 is 11.6 Å². The highest BCUT2D eigenvalue weighted by atomic mass is 35.5. The summed E-state index contributed by atoms with van der Waals surface area (Å²) >= 11 is 5.89. The van der Waals surface area contributed by atoms with E-state index in [1.54, 1.807) is 0 Å². The maximum Gasteiger partial charge on any atom is 0.119 e. The fourth-order valence-electron chi connectivity index (χ4n) is 2.48. The second kappa shape index (κ2) is 6.44. The number of benzene rings is 1. The summed E-state index contributed by atoms with van der Waals surface area (Å²) in [5, 5.41) is 4.17. The Kier molecular flexibility index (Phi) is 4.90. The molecule has 1 fully saturated rings. The van der Waals surface area contributed by atoms with E-state index < -0.39 is 0 Å². The first-order valence-electron chi connectivity index (χ1n) is 6.78. The minimum atomic E-state index is 0.307. The Labute approximate surface area is 115 Å². The van der Waals surface area contributed by atoms with Gasteiger partial charge in [0.25, 0.3) is 0 Å². The van der Waals surface area contributed by atoms with Crippen molar-refractivity contribution in [1.82, 2.24) is 5.32 Å². The molecule has 1 aliphatic rings. The van der Waals surface area contributed by atoms with Gasteiger partial charge in [0.1, 0.15) is 11.9 Å². The predicted molar refractivity (Wildman–Crippen MR) is 76.3 cm³/mol. The second-order valence-corrected chi connectivity index (χ2v) is 5.93. The van der Waals surface area contributed by atoms with Gasteiger partial charge in [0.05, 0.1) is 0 Å². The van der Waals surface area contributed by atoms with Crippen LogP contribution in [-0.2, 0) is 0 Å². The standard InChI is InChI=1S/C15H22ClNO/c1-11(2)9-15(12-7-8-17-10-12)18-14-5-3-13(16)4-6-14/h3-6,11-12,15,17H,7-10H2,1-2H3/t12-,15-/m1/s1. The summed E-state index contributed by atoms with van der Waals surface area (Å²) in [5.41, 5.74) is 0. The first-order valence-corrected chi connectivity index (χ1v) is 7.16. The van der Waals surface area contributed by atoms with Gasteiger partial charge in [-0.2, -0.15) is 0 Å². The number of hydrogen-bond acceptors (Lipinski definition) is 2. The highest BCUT2D eigenvalue weighted by Gasteiger charge is 2.27. The zero-order chi connectivity index (χ0) is 13.0. The van der Waals surface area contributed by atoms with Gasteiger partial charge in [-0.1, -0.05) is 25.4 Å². The maximum absolute atomic E-state index is 6.17. The second-order valence-electron chi connectivity index (χ2n) is 5.49. The van der Waals surface area contributed by atoms with Crippen molar-refractivity contribution in [3.05, 3.63) is 29.3 Å². The summed E-state index contributed by atoms with van der Waals surface area (Å²) in [4.78, 5) is 0. The molecule has 1 aromatic rings. The summed E-state index contributed by atoms with van der Waals surface area (Å²) in [5.74, 6) is 2.21. The summed E-state index contributed by atoms with van der Waals surface area (Å²) in [6.45, 7) is 6.69. The van der Waals surface area contributed by atoms with Gasteiger partial charge in [-0.05, 0) is 49.6 Å². The third-order valence-corrected chi connectivity index (χ3v) is 3.68. The van der Waals surface area contributed by atoms with Crippen molar-refractivity contribution in [3.8, 4) is 5.75 Å². The molecule has 100 valence electrons. The quantitative estimate of drug-likeness (QED) is 0.877. The van der Waals surface area contributed by atoms with Crippen LogP contribution in [-0.4, -0.2) is 19.2 Å². The van der Waals surface area contributed by atoms with E-state index in [9.17, 15) is 0 Å². The summed E-state index contributed by atoms with van der Waals surface area (Å²) < 4.78 is 6.17.